The van der Waals surface area contributed by atoms with Crippen LogP contribution in [-0.4, -0.2) is 23.6 Å². The molecule has 0 fully saturated rings. The molecule has 2 rings (SSSR count). The Morgan fingerprint density at radius 3 is 2.50 bits per heavy atom. The van der Waals surface area contributed by atoms with E-state index in [0.29, 0.717) is 37.3 Å². The van der Waals surface area contributed by atoms with Gasteiger partial charge in [0.25, 0.3) is 0 Å². The first-order valence-corrected chi connectivity index (χ1v) is 7.86. The maximum Gasteiger partial charge on any atom is 0.307 e. The van der Waals surface area contributed by atoms with E-state index < -0.39 is 5.97 Å². The van der Waals surface area contributed by atoms with E-state index >= 15 is 0 Å². The molecule has 1 amide bonds. The lowest BCUT2D eigenvalue weighted by Crippen LogP contribution is -2.12. The number of hydrogen-bond donors (Lipinski definition) is 2. The number of anilines is 1. The molecule has 0 unspecified atom stereocenters. The molecule has 2 aromatic carbocycles. The van der Waals surface area contributed by atoms with Gasteiger partial charge in [0.05, 0.1) is 13.0 Å². The van der Waals surface area contributed by atoms with Gasteiger partial charge in [-0.15, -0.1) is 0 Å². The number of aliphatic carboxylic acids is 1. The first kappa shape index (κ1) is 17.7. The molecule has 2 aromatic rings. The number of ether oxygens (including phenoxy) is 1. The molecule has 5 heteroatoms. The number of carbonyl (C=O) groups excluding carboxylic acids is 1. The van der Waals surface area contributed by atoms with Crippen LogP contribution >= 0.6 is 0 Å². The molecule has 0 aliphatic carbocycles. The number of hydrogen-bond acceptors (Lipinski definition) is 3. The molecule has 5 nitrogen and oxygen atoms in total. The minimum absolute atomic E-state index is 0.0585. The van der Waals surface area contributed by atoms with Gasteiger partial charge in [0.1, 0.15) is 0 Å². The van der Waals surface area contributed by atoms with E-state index in [1.54, 1.807) is 24.3 Å². The smallest absolute Gasteiger partial charge is 0.307 e. The van der Waals surface area contributed by atoms with E-state index in [9.17, 15) is 9.59 Å². The standard InChI is InChI=1S/C19H21NO4/c21-18(10-5-11-24-14-15-6-2-1-3-7-15)20-17-9-4-8-16(12-17)13-19(22)23/h1-4,6-9,12H,5,10-11,13-14H2,(H,20,21)(H,22,23). The number of rotatable bonds is 9. The Balaban J connectivity index is 1.67. The highest BCUT2D eigenvalue weighted by Crippen LogP contribution is 2.12. The number of benzene rings is 2. The van der Waals surface area contributed by atoms with Crippen LogP contribution < -0.4 is 5.32 Å². The first-order chi connectivity index (χ1) is 11.6. The highest BCUT2D eigenvalue weighted by molar-refractivity contribution is 5.90. The van der Waals surface area contributed by atoms with Crippen LogP contribution in [0.4, 0.5) is 5.69 Å². The number of carbonyl (C=O) groups is 2. The third-order valence-corrected chi connectivity index (χ3v) is 3.37. The van der Waals surface area contributed by atoms with Crippen LogP contribution in [0.15, 0.2) is 54.6 Å². The topological polar surface area (TPSA) is 75.6 Å². The zero-order valence-corrected chi connectivity index (χ0v) is 13.4. The highest BCUT2D eigenvalue weighted by Gasteiger charge is 2.05. The summed E-state index contributed by atoms with van der Waals surface area (Å²) in [5.74, 6) is -1.00. The van der Waals surface area contributed by atoms with Gasteiger partial charge in [-0.2, -0.15) is 0 Å². The van der Waals surface area contributed by atoms with Crippen LogP contribution in [0.5, 0.6) is 0 Å². The summed E-state index contributed by atoms with van der Waals surface area (Å²) in [6.45, 7) is 1.06. The second-order valence-electron chi connectivity index (χ2n) is 5.46. The van der Waals surface area contributed by atoms with Crippen LogP contribution in [0.2, 0.25) is 0 Å². The van der Waals surface area contributed by atoms with Gasteiger partial charge in [0, 0.05) is 18.7 Å². The summed E-state index contributed by atoms with van der Waals surface area (Å²) in [6.07, 6.45) is 0.933. The van der Waals surface area contributed by atoms with Crippen molar-refractivity contribution < 1.29 is 19.4 Å². The maximum atomic E-state index is 11.9. The van der Waals surface area contributed by atoms with E-state index in [1.165, 1.54) is 0 Å². The van der Waals surface area contributed by atoms with E-state index in [2.05, 4.69) is 5.32 Å². The fraction of sp³-hybridized carbons (Fsp3) is 0.263. The normalized spacial score (nSPS) is 10.3. The Kier molecular flexibility index (Phi) is 6.98. The summed E-state index contributed by atoms with van der Waals surface area (Å²) in [6, 6.07) is 16.8. The molecular weight excluding hydrogens is 306 g/mol. The largest absolute Gasteiger partial charge is 0.481 e. The summed E-state index contributed by atoms with van der Waals surface area (Å²) >= 11 is 0. The fourth-order valence-electron chi connectivity index (χ4n) is 2.26. The van der Waals surface area contributed by atoms with Crippen molar-refractivity contribution in [3.63, 3.8) is 0 Å². The monoisotopic (exact) mass is 327 g/mol. The second-order valence-corrected chi connectivity index (χ2v) is 5.46. The number of carboxylic acids is 1. The minimum atomic E-state index is -0.894. The lowest BCUT2D eigenvalue weighted by molar-refractivity contribution is -0.136. The molecule has 0 atom stereocenters. The number of amides is 1. The van der Waals surface area contributed by atoms with Crippen molar-refractivity contribution in [2.45, 2.75) is 25.9 Å². The summed E-state index contributed by atoms with van der Waals surface area (Å²) in [5, 5.41) is 11.6. The molecule has 0 aliphatic rings. The summed E-state index contributed by atoms with van der Waals surface area (Å²) < 4.78 is 5.54. The zero-order chi connectivity index (χ0) is 17.2. The van der Waals surface area contributed by atoms with Crippen molar-refractivity contribution in [2.75, 3.05) is 11.9 Å². The SMILES string of the molecule is O=C(O)Cc1cccc(NC(=O)CCCOCc2ccccc2)c1. The maximum absolute atomic E-state index is 11.9. The first-order valence-electron chi connectivity index (χ1n) is 7.86. The predicted molar refractivity (Wildman–Crippen MR) is 91.7 cm³/mol. The van der Waals surface area contributed by atoms with Crippen molar-refractivity contribution in [1.29, 1.82) is 0 Å². The molecule has 0 bridgehead atoms. The molecule has 0 aliphatic heterocycles. The van der Waals surface area contributed by atoms with Crippen molar-refractivity contribution in [3.05, 3.63) is 65.7 Å². The van der Waals surface area contributed by atoms with Crippen LogP contribution in [0, 0.1) is 0 Å². The number of nitrogens with one attached hydrogen (secondary N) is 1. The van der Waals surface area contributed by atoms with E-state index in [1.807, 2.05) is 30.3 Å². The molecule has 0 spiro atoms. The molecule has 0 heterocycles. The van der Waals surface area contributed by atoms with Crippen LogP contribution in [-0.2, 0) is 27.4 Å². The van der Waals surface area contributed by atoms with Gasteiger partial charge in [-0.25, -0.2) is 0 Å². The molecule has 126 valence electrons. The molecule has 24 heavy (non-hydrogen) atoms. The van der Waals surface area contributed by atoms with Gasteiger partial charge in [-0.3, -0.25) is 9.59 Å². The molecule has 0 aromatic heterocycles. The fourth-order valence-corrected chi connectivity index (χ4v) is 2.26. The Labute approximate surface area is 141 Å². The Hall–Kier alpha value is -2.66. The van der Waals surface area contributed by atoms with Gasteiger partial charge in [0.15, 0.2) is 0 Å². The average molecular weight is 327 g/mol. The van der Waals surface area contributed by atoms with Crippen molar-refractivity contribution >= 4 is 17.6 Å². The van der Waals surface area contributed by atoms with Crippen molar-refractivity contribution in [2.24, 2.45) is 0 Å². The Bertz CT molecular complexity index is 670. The molecule has 0 radical (unpaired) electrons. The molecule has 0 saturated heterocycles. The van der Waals surface area contributed by atoms with Gasteiger partial charge in [-0.05, 0) is 29.7 Å². The van der Waals surface area contributed by atoms with E-state index in [0.717, 1.165) is 5.56 Å². The molecule has 0 saturated carbocycles. The Morgan fingerprint density at radius 1 is 1.00 bits per heavy atom. The minimum Gasteiger partial charge on any atom is -0.481 e. The van der Waals surface area contributed by atoms with Crippen molar-refractivity contribution in [1.82, 2.24) is 0 Å². The van der Waals surface area contributed by atoms with Crippen LogP contribution in [0.3, 0.4) is 0 Å². The second kappa shape index (κ2) is 9.47. The molecular formula is C19H21NO4. The summed E-state index contributed by atoms with van der Waals surface area (Å²) in [4.78, 5) is 22.6. The van der Waals surface area contributed by atoms with E-state index in [-0.39, 0.29) is 12.3 Å². The third-order valence-electron chi connectivity index (χ3n) is 3.37. The highest BCUT2D eigenvalue weighted by atomic mass is 16.5. The lowest BCUT2D eigenvalue weighted by atomic mass is 10.1. The van der Waals surface area contributed by atoms with Gasteiger partial charge < -0.3 is 15.2 Å². The Morgan fingerprint density at radius 2 is 1.75 bits per heavy atom. The summed E-state index contributed by atoms with van der Waals surface area (Å²) in [7, 11) is 0. The quantitative estimate of drug-likeness (QED) is 0.693. The van der Waals surface area contributed by atoms with Crippen LogP contribution in [0.1, 0.15) is 24.0 Å². The number of carboxylic acid groups (broad SMARTS) is 1. The van der Waals surface area contributed by atoms with Crippen molar-refractivity contribution in [3.8, 4) is 0 Å². The predicted octanol–water partition coefficient (Wildman–Crippen LogP) is 3.25. The summed E-state index contributed by atoms with van der Waals surface area (Å²) in [5.41, 5.74) is 2.38. The third kappa shape index (κ3) is 6.62. The van der Waals surface area contributed by atoms with Crippen LogP contribution in [0.25, 0.3) is 0 Å². The molecule has 2 N–H and O–H groups in total. The van der Waals surface area contributed by atoms with Gasteiger partial charge in [0.2, 0.25) is 5.91 Å². The zero-order valence-electron chi connectivity index (χ0n) is 13.4. The lowest BCUT2D eigenvalue weighted by Gasteiger charge is -2.07. The van der Waals surface area contributed by atoms with Gasteiger partial charge in [-0.1, -0.05) is 42.5 Å². The average Bonchev–Trinajstić information content (AvgIpc) is 2.55. The van der Waals surface area contributed by atoms with E-state index in [4.69, 9.17) is 9.84 Å². The van der Waals surface area contributed by atoms with Gasteiger partial charge >= 0.3 is 5.97 Å².